The Kier molecular flexibility index (Phi) is 14.3. The predicted molar refractivity (Wildman–Crippen MR) is 147 cm³/mol. The standard InChI is InChI=1S/C31H48N2O2/c1-5-7-9-11-12-13-15-17-27-23-32-31(33-24-27)29-20-18-28(19-21-29)25(3)22-30(34)35-26(4)16-14-10-8-6-2/h18-21,23-26H,5-17,22H2,1-4H3. The number of esters is 1. The normalized spacial score (nSPS) is 12.9. The topological polar surface area (TPSA) is 52.1 Å². The fourth-order valence-corrected chi connectivity index (χ4v) is 4.44. The van der Waals surface area contributed by atoms with Crippen molar-refractivity contribution in [3.63, 3.8) is 0 Å². The molecule has 0 radical (unpaired) electrons. The van der Waals surface area contributed by atoms with Gasteiger partial charge in [-0.05, 0) is 49.7 Å². The minimum absolute atomic E-state index is 0.000141. The average Bonchev–Trinajstić information content (AvgIpc) is 2.86. The molecule has 2 unspecified atom stereocenters. The maximum absolute atomic E-state index is 12.4. The van der Waals surface area contributed by atoms with Gasteiger partial charge in [0.25, 0.3) is 0 Å². The lowest BCUT2D eigenvalue weighted by atomic mass is 9.96. The van der Waals surface area contributed by atoms with Gasteiger partial charge in [-0.3, -0.25) is 4.79 Å². The number of hydrogen-bond donors (Lipinski definition) is 0. The summed E-state index contributed by atoms with van der Waals surface area (Å²) in [5, 5.41) is 0. The molecule has 35 heavy (non-hydrogen) atoms. The summed E-state index contributed by atoms with van der Waals surface area (Å²) in [7, 11) is 0. The first-order chi connectivity index (χ1) is 17.0. The Hall–Kier alpha value is -2.23. The molecule has 0 aliphatic rings. The highest BCUT2D eigenvalue weighted by molar-refractivity contribution is 5.70. The molecule has 1 aromatic heterocycles. The zero-order chi connectivity index (χ0) is 25.3. The van der Waals surface area contributed by atoms with Gasteiger partial charge in [-0.15, -0.1) is 0 Å². The largest absolute Gasteiger partial charge is 0.463 e. The van der Waals surface area contributed by atoms with Crippen LogP contribution in [0.4, 0.5) is 0 Å². The average molecular weight is 481 g/mol. The highest BCUT2D eigenvalue weighted by Gasteiger charge is 2.15. The van der Waals surface area contributed by atoms with Crippen LogP contribution in [-0.2, 0) is 16.0 Å². The van der Waals surface area contributed by atoms with E-state index in [0.717, 1.165) is 36.2 Å². The summed E-state index contributed by atoms with van der Waals surface area (Å²) in [6.07, 6.45) is 20.4. The number of carbonyl (C=O) groups is 1. The third kappa shape index (κ3) is 11.8. The molecule has 0 bridgehead atoms. The van der Waals surface area contributed by atoms with Gasteiger partial charge in [-0.25, -0.2) is 9.97 Å². The Bertz CT molecular complexity index is 817. The van der Waals surface area contributed by atoms with Gasteiger partial charge in [0.1, 0.15) is 0 Å². The molecular formula is C31H48N2O2. The fourth-order valence-electron chi connectivity index (χ4n) is 4.44. The first-order valence-corrected chi connectivity index (χ1v) is 14.1. The van der Waals surface area contributed by atoms with Gasteiger partial charge in [-0.1, -0.05) is 103 Å². The van der Waals surface area contributed by atoms with E-state index in [-0.39, 0.29) is 18.0 Å². The molecule has 2 aromatic rings. The van der Waals surface area contributed by atoms with Crippen molar-refractivity contribution in [1.29, 1.82) is 0 Å². The smallest absolute Gasteiger partial charge is 0.306 e. The third-order valence-corrected chi connectivity index (χ3v) is 6.78. The van der Waals surface area contributed by atoms with E-state index in [1.807, 2.05) is 19.3 Å². The molecule has 0 aliphatic heterocycles. The van der Waals surface area contributed by atoms with Crippen LogP contribution < -0.4 is 0 Å². The molecule has 0 amide bonds. The van der Waals surface area contributed by atoms with Crippen LogP contribution in [0.5, 0.6) is 0 Å². The molecule has 2 rings (SSSR count). The van der Waals surface area contributed by atoms with Gasteiger partial charge < -0.3 is 4.74 Å². The lowest BCUT2D eigenvalue weighted by Crippen LogP contribution is -2.16. The van der Waals surface area contributed by atoms with Crippen molar-refractivity contribution in [2.24, 2.45) is 0 Å². The van der Waals surface area contributed by atoms with Crippen molar-refractivity contribution < 1.29 is 9.53 Å². The zero-order valence-corrected chi connectivity index (χ0v) is 22.7. The maximum Gasteiger partial charge on any atom is 0.306 e. The second-order valence-electron chi connectivity index (χ2n) is 10.2. The first-order valence-electron chi connectivity index (χ1n) is 14.1. The van der Waals surface area contributed by atoms with E-state index in [1.165, 1.54) is 69.8 Å². The van der Waals surface area contributed by atoms with Gasteiger partial charge in [0, 0.05) is 18.0 Å². The summed E-state index contributed by atoms with van der Waals surface area (Å²) in [5.74, 6) is 0.766. The van der Waals surface area contributed by atoms with Gasteiger partial charge in [0.15, 0.2) is 5.82 Å². The van der Waals surface area contributed by atoms with Crippen LogP contribution in [0, 0.1) is 0 Å². The molecule has 0 saturated heterocycles. The van der Waals surface area contributed by atoms with Gasteiger partial charge in [0.2, 0.25) is 0 Å². The maximum atomic E-state index is 12.4. The third-order valence-electron chi connectivity index (χ3n) is 6.78. The van der Waals surface area contributed by atoms with Crippen LogP contribution >= 0.6 is 0 Å². The van der Waals surface area contributed by atoms with Crippen LogP contribution in [0.15, 0.2) is 36.7 Å². The van der Waals surface area contributed by atoms with Gasteiger partial charge in [0.05, 0.1) is 12.5 Å². The molecular weight excluding hydrogens is 432 g/mol. The molecule has 0 spiro atoms. The number of unbranched alkanes of at least 4 members (excludes halogenated alkanes) is 9. The van der Waals surface area contributed by atoms with E-state index in [9.17, 15) is 4.79 Å². The quantitative estimate of drug-likeness (QED) is 0.158. The first kappa shape index (κ1) is 29.0. The molecule has 1 aromatic carbocycles. The summed E-state index contributed by atoms with van der Waals surface area (Å²) in [5.41, 5.74) is 3.36. The van der Waals surface area contributed by atoms with Crippen molar-refractivity contribution in [2.75, 3.05) is 0 Å². The van der Waals surface area contributed by atoms with E-state index in [0.29, 0.717) is 6.42 Å². The van der Waals surface area contributed by atoms with Crippen molar-refractivity contribution in [1.82, 2.24) is 9.97 Å². The monoisotopic (exact) mass is 480 g/mol. The predicted octanol–water partition coefficient (Wildman–Crippen LogP) is 8.83. The number of carbonyl (C=O) groups excluding carboxylic acids is 1. The van der Waals surface area contributed by atoms with Crippen molar-refractivity contribution >= 4 is 5.97 Å². The second kappa shape index (κ2) is 17.2. The van der Waals surface area contributed by atoms with Crippen LogP contribution in [0.25, 0.3) is 11.4 Å². The lowest BCUT2D eigenvalue weighted by molar-refractivity contribution is -0.148. The minimum atomic E-state index is -0.107. The molecule has 4 heteroatoms. The van der Waals surface area contributed by atoms with E-state index in [2.05, 4.69) is 55.0 Å². The molecule has 0 N–H and O–H groups in total. The fraction of sp³-hybridized carbons (Fsp3) is 0.645. The number of benzene rings is 1. The molecule has 2 atom stereocenters. The minimum Gasteiger partial charge on any atom is -0.463 e. The highest BCUT2D eigenvalue weighted by Crippen LogP contribution is 2.24. The van der Waals surface area contributed by atoms with Gasteiger partial charge in [-0.2, -0.15) is 0 Å². The SMILES string of the molecule is CCCCCCCCCc1cnc(-c2ccc(C(C)CC(=O)OC(C)CCCCCC)cc2)nc1. The number of aryl methyl sites for hydroxylation is 1. The van der Waals surface area contributed by atoms with Crippen molar-refractivity contribution in [2.45, 2.75) is 130 Å². The zero-order valence-electron chi connectivity index (χ0n) is 22.7. The van der Waals surface area contributed by atoms with E-state index >= 15 is 0 Å². The number of rotatable bonds is 18. The second-order valence-corrected chi connectivity index (χ2v) is 10.2. The molecule has 1 heterocycles. The van der Waals surface area contributed by atoms with Crippen LogP contribution in [0.3, 0.4) is 0 Å². The van der Waals surface area contributed by atoms with Crippen LogP contribution in [0.1, 0.15) is 128 Å². The molecule has 194 valence electrons. The molecule has 4 nitrogen and oxygen atoms in total. The number of nitrogens with zero attached hydrogens (tertiary/aromatic N) is 2. The Morgan fingerprint density at radius 1 is 0.800 bits per heavy atom. The Balaban J connectivity index is 1.75. The van der Waals surface area contributed by atoms with E-state index in [1.54, 1.807) is 0 Å². The summed E-state index contributed by atoms with van der Waals surface area (Å²) in [4.78, 5) is 21.5. The van der Waals surface area contributed by atoms with E-state index < -0.39 is 0 Å². The van der Waals surface area contributed by atoms with Gasteiger partial charge >= 0.3 is 5.97 Å². The Morgan fingerprint density at radius 3 is 2.00 bits per heavy atom. The molecule has 0 fully saturated rings. The van der Waals surface area contributed by atoms with Crippen molar-refractivity contribution in [3.05, 3.63) is 47.8 Å². The van der Waals surface area contributed by atoms with Crippen LogP contribution in [0.2, 0.25) is 0 Å². The Labute approximate surface area is 214 Å². The van der Waals surface area contributed by atoms with E-state index in [4.69, 9.17) is 4.74 Å². The number of hydrogen-bond acceptors (Lipinski definition) is 4. The van der Waals surface area contributed by atoms with Crippen LogP contribution in [-0.4, -0.2) is 22.0 Å². The lowest BCUT2D eigenvalue weighted by Gasteiger charge is -2.16. The summed E-state index contributed by atoms with van der Waals surface area (Å²) in [6, 6.07) is 8.27. The summed E-state index contributed by atoms with van der Waals surface area (Å²) < 4.78 is 5.62. The number of aromatic nitrogens is 2. The highest BCUT2D eigenvalue weighted by atomic mass is 16.5. The summed E-state index contributed by atoms with van der Waals surface area (Å²) in [6.45, 7) is 8.55. The molecule has 0 aliphatic carbocycles. The summed E-state index contributed by atoms with van der Waals surface area (Å²) >= 11 is 0. The van der Waals surface area contributed by atoms with Crippen molar-refractivity contribution in [3.8, 4) is 11.4 Å². The Morgan fingerprint density at radius 2 is 1.37 bits per heavy atom. The number of ether oxygens (including phenoxy) is 1. The molecule has 0 saturated carbocycles.